The van der Waals surface area contributed by atoms with Crippen molar-refractivity contribution < 1.29 is 34.6 Å². The molecular formula is C36H56O7. The first-order valence-corrected chi connectivity index (χ1v) is 16.8. The van der Waals surface area contributed by atoms with Crippen molar-refractivity contribution in [2.24, 2.45) is 45.3 Å². The van der Waals surface area contributed by atoms with Gasteiger partial charge in [-0.25, -0.2) is 0 Å². The maximum Gasteiger partial charge on any atom is 0.186 e. The lowest BCUT2D eigenvalue weighted by molar-refractivity contribution is -0.329. The van der Waals surface area contributed by atoms with Gasteiger partial charge in [-0.15, -0.1) is 0 Å². The van der Waals surface area contributed by atoms with Gasteiger partial charge in [0.05, 0.1) is 24.9 Å². The summed E-state index contributed by atoms with van der Waals surface area (Å²) >= 11 is 0. The van der Waals surface area contributed by atoms with Crippen molar-refractivity contribution in [3.05, 3.63) is 36.5 Å². The van der Waals surface area contributed by atoms with Crippen LogP contribution in [0.25, 0.3) is 0 Å². The molecule has 2 saturated heterocycles. The predicted octanol–water partition coefficient (Wildman–Crippen LogP) is 4.92. The molecule has 1 spiro atoms. The van der Waals surface area contributed by atoms with E-state index in [0.29, 0.717) is 23.7 Å². The molecule has 0 unspecified atom stereocenters. The van der Waals surface area contributed by atoms with Crippen molar-refractivity contribution in [2.45, 2.75) is 129 Å². The van der Waals surface area contributed by atoms with Crippen LogP contribution >= 0.6 is 0 Å². The molecule has 43 heavy (non-hydrogen) atoms. The van der Waals surface area contributed by atoms with Gasteiger partial charge in [0.15, 0.2) is 6.29 Å². The second-order valence-electron chi connectivity index (χ2n) is 16.3. The van der Waals surface area contributed by atoms with Crippen LogP contribution in [0.4, 0.5) is 0 Å². The molecule has 14 atom stereocenters. The Balaban J connectivity index is 1.26. The van der Waals surface area contributed by atoms with Crippen LogP contribution in [-0.4, -0.2) is 76.1 Å². The summed E-state index contributed by atoms with van der Waals surface area (Å²) in [6, 6.07) is 0. The van der Waals surface area contributed by atoms with Gasteiger partial charge in [0.1, 0.15) is 24.4 Å². The molecule has 7 nitrogen and oxygen atoms in total. The number of hydrogen-bond donors (Lipinski definition) is 4. The van der Waals surface area contributed by atoms with Crippen LogP contribution in [0.3, 0.4) is 0 Å². The third-order valence-electron chi connectivity index (χ3n) is 14.1. The van der Waals surface area contributed by atoms with Crippen molar-refractivity contribution in [1.29, 1.82) is 0 Å². The minimum absolute atomic E-state index is 0.104. The zero-order valence-electron chi connectivity index (χ0n) is 27.2. The molecule has 7 heteroatoms. The molecule has 4 aliphatic carbocycles. The monoisotopic (exact) mass is 600 g/mol. The zero-order valence-corrected chi connectivity index (χ0v) is 27.2. The summed E-state index contributed by atoms with van der Waals surface area (Å²) in [6.07, 6.45) is 10.5. The van der Waals surface area contributed by atoms with Crippen molar-refractivity contribution in [2.75, 3.05) is 13.2 Å². The largest absolute Gasteiger partial charge is 0.394 e. The molecule has 0 aromatic carbocycles. The van der Waals surface area contributed by atoms with E-state index in [9.17, 15) is 20.4 Å². The van der Waals surface area contributed by atoms with Gasteiger partial charge in [-0.3, -0.25) is 0 Å². The maximum absolute atomic E-state index is 10.7. The molecule has 6 aliphatic rings. The Morgan fingerprint density at radius 2 is 1.77 bits per heavy atom. The van der Waals surface area contributed by atoms with Gasteiger partial charge in [-0.1, -0.05) is 71.1 Å². The smallest absolute Gasteiger partial charge is 0.186 e. The van der Waals surface area contributed by atoms with Crippen LogP contribution in [0.15, 0.2) is 36.5 Å². The van der Waals surface area contributed by atoms with Crippen LogP contribution < -0.4 is 0 Å². The van der Waals surface area contributed by atoms with E-state index in [-0.39, 0.29) is 22.3 Å². The number of fused-ring (bicyclic) bond motifs is 2. The van der Waals surface area contributed by atoms with E-state index in [1.807, 2.05) is 0 Å². The van der Waals surface area contributed by atoms with E-state index in [1.54, 1.807) is 0 Å². The van der Waals surface area contributed by atoms with Gasteiger partial charge in [0.2, 0.25) is 0 Å². The summed E-state index contributed by atoms with van der Waals surface area (Å²) in [5.41, 5.74) is 0.805. The zero-order chi connectivity index (χ0) is 31.2. The normalized spacial score (nSPS) is 52.5. The number of hydrogen-bond acceptors (Lipinski definition) is 7. The molecule has 0 aromatic rings. The summed E-state index contributed by atoms with van der Waals surface area (Å²) in [5, 5.41) is 41.0. The molecule has 0 radical (unpaired) electrons. The minimum Gasteiger partial charge on any atom is -0.394 e. The number of aliphatic hydroxyl groups excluding tert-OH is 4. The first kappa shape index (κ1) is 31.9. The summed E-state index contributed by atoms with van der Waals surface area (Å²) in [4.78, 5) is 0. The Morgan fingerprint density at radius 1 is 1.02 bits per heavy atom. The van der Waals surface area contributed by atoms with E-state index in [4.69, 9.17) is 14.2 Å². The number of ether oxygens (including phenoxy) is 3. The molecule has 4 N–H and O–H groups in total. The van der Waals surface area contributed by atoms with E-state index in [0.717, 1.165) is 31.4 Å². The fourth-order valence-corrected chi connectivity index (χ4v) is 11.4. The topological polar surface area (TPSA) is 109 Å². The lowest BCUT2D eigenvalue weighted by Crippen LogP contribution is -2.66. The Hall–Kier alpha value is -1.06. The molecule has 242 valence electrons. The highest BCUT2D eigenvalue weighted by Gasteiger charge is 2.75. The molecule has 6 rings (SSSR count). The highest BCUT2D eigenvalue weighted by molar-refractivity contribution is 5.33. The summed E-state index contributed by atoms with van der Waals surface area (Å²) in [5.74, 6) is 2.19. The Labute approximate surface area is 258 Å². The molecule has 2 heterocycles. The molecule has 2 bridgehead atoms. The molecule has 5 fully saturated rings. The van der Waals surface area contributed by atoms with Gasteiger partial charge < -0.3 is 34.6 Å². The first-order valence-electron chi connectivity index (χ1n) is 16.8. The average molecular weight is 601 g/mol. The lowest BCUT2D eigenvalue weighted by Gasteiger charge is -2.65. The number of aliphatic hydroxyl groups is 4. The van der Waals surface area contributed by atoms with Crippen LogP contribution in [-0.2, 0) is 14.2 Å². The second kappa shape index (κ2) is 10.8. The van der Waals surface area contributed by atoms with E-state index in [2.05, 4.69) is 72.4 Å². The lowest BCUT2D eigenvalue weighted by atomic mass is 9.38. The van der Waals surface area contributed by atoms with Gasteiger partial charge in [0.25, 0.3) is 0 Å². The van der Waals surface area contributed by atoms with Crippen LogP contribution in [0.2, 0.25) is 0 Å². The summed E-state index contributed by atoms with van der Waals surface area (Å²) in [7, 11) is 0. The SMILES string of the molecule is C=C(C)/C=C/C[C@@H](C)[C@H]1CC[C@@]2(C)[C@@H]3C=C[C@@]45OC[C@]3(CC[C@]12C)[C@@H]4CC[C@H](O[C@@H]1O[C@H](CO)[C@@H](O)[C@H](O)[C@H]1O)C5(C)C. The molecule has 2 aliphatic heterocycles. The van der Waals surface area contributed by atoms with Crippen molar-refractivity contribution in [3.63, 3.8) is 0 Å². The van der Waals surface area contributed by atoms with Gasteiger partial charge in [-0.2, -0.15) is 0 Å². The van der Waals surface area contributed by atoms with E-state index in [1.165, 1.54) is 25.7 Å². The average Bonchev–Trinajstić information content (AvgIpc) is 3.35. The molecule has 0 aromatic heterocycles. The molecular weight excluding hydrogens is 544 g/mol. The Bertz CT molecular complexity index is 1150. The first-order chi connectivity index (χ1) is 20.2. The summed E-state index contributed by atoms with van der Waals surface area (Å²) < 4.78 is 19.2. The van der Waals surface area contributed by atoms with Crippen molar-refractivity contribution in [1.82, 2.24) is 0 Å². The van der Waals surface area contributed by atoms with Crippen LogP contribution in [0.5, 0.6) is 0 Å². The highest BCUT2D eigenvalue weighted by atomic mass is 16.7. The minimum atomic E-state index is -1.45. The van der Waals surface area contributed by atoms with Gasteiger partial charge >= 0.3 is 0 Å². The Kier molecular flexibility index (Phi) is 7.98. The number of allylic oxidation sites excluding steroid dienone is 4. The summed E-state index contributed by atoms with van der Waals surface area (Å²) in [6.45, 7) is 18.4. The predicted molar refractivity (Wildman–Crippen MR) is 165 cm³/mol. The maximum atomic E-state index is 10.7. The third kappa shape index (κ3) is 4.32. The fraction of sp³-hybridized carbons (Fsp3) is 0.833. The van der Waals surface area contributed by atoms with Crippen LogP contribution in [0, 0.1) is 45.3 Å². The fourth-order valence-electron chi connectivity index (χ4n) is 11.4. The Morgan fingerprint density at radius 3 is 2.47 bits per heavy atom. The van der Waals surface area contributed by atoms with Gasteiger partial charge in [0, 0.05) is 16.7 Å². The van der Waals surface area contributed by atoms with Crippen molar-refractivity contribution in [3.8, 4) is 0 Å². The van der Waals surface area contributed by atoms with E-state index < -0.39 is 48.3 Å². The van der Waals surface area contributed by atoms with Gasteiger partial charge in [-0.05, 0) is 80.5 Å². The van der Waals surface area contributed by atoms with Crippen molar-refractivity contribution >= 4 is 0 Å². The third-order valence-corrected chi connectivity index (χ3v) is 14.1. The highest BCUT2D eigenvalue weighted by Crippen LogP contribution is 2.77. The standard InChI is InChI=1S/C36H56O7/c1-21(2)9-8-10-22(3)23-13-15-34(7)25-14-16-36-26(35(25,20-41-36)18-17-33(23,34)6)11-12-27(32(36,4)5)43-31-30(40)29(39)28(38)24(19-37)42-31/h8-9,14,16,22-31,37-40H,1,10-13,15,17-20H2,2-7H3/b9-8+/t22-,23-,24-,25+,26+,27+,28-,29+,30-,31+,33-,34+,35+,36-/m1/s1. The molecule has 3 saturated carbocycles. The van der Waals surface area contributed by atoms with E-state index >= 15 is 0 Å². The number of rotatable bonds is 7. The molecule has 0 amide bonds. The second-order valence-corrected chi connectivity index (χ2v) is 16.3. The van der Waals surface area contributed by atoms with Crippen LogP contribution in [0.1, 0.15) is 86.5 Å². The quantitative estimate of drug-likeness (QED) is 0.243.